The fourth-order valence-corrected chi connectivity index (χ4v) is 2.08. The van der Waals surface area contributed by atoms with Crippen LogP contribution in [-0.2, 0) is 14.3 Å². The van der Waals surface area contributed by atoms with Gasteiger partial charge in [-0.2, -0.15) is 0 Å². The molecule has 6 N–H and O–H groups in total. The summed E-state index contributed by atoms with van der Waals surface area (Å²) >= 11 is 0. The molecule has 2 atom stereocenters. The van der Waals surface area contributed by atoms with Gasteiger partial charge in [0.25, 0.3) is 0 Å². The lowest BCUT2D eigenvalue weighted by Crippen LogP contribution is -2.31. The van der Waals surface area contributed by atoms with Crippen LogP contribution >= 0.6 is 0 Å². The molecule has 144 valence electrons. The standard InChI is InChI=1S/C15H20N3O8/c16-10(13(19)20)6-3-4-8-17-15(23)26-12(14(21)22)9-5-1-2-7-11(9)18(24)25/h1-2,5,7,10,12,24H,3-4,6,8,16H2,(H,17,23)(H,19,20)(H,21,22)/q-1/t10-,12?/m1/s1. The Bertz CT molecular complexity index is 637. The van der Waals surface area contributed by atoms with Crippen molar-refractivity contribution < 1.29 is 34.5 Å². The zero-order chi connectivity index (χ0) is 19.7. The molecule has 0 spiro atoms. The van der Waals surface area contributed by atoms with Crippen LogP contribution in [0.3, 0.4) is 0 Å². The predicted octanol–water partition coefficient (Wildman–Crippen LogP) is 0.814. The van der Waals surface area contributed by atoms with Crippen LogP contribution in [0.15, 0.2) is 24.3 Å². The first kappa shape index (κ1) is 21.2. The fraction of sp³-hybridized carbons (Fsp3) is 0.400. The average Bonchev–Trinajstić information content (AvgIpc) is 2.58. The monoisotopic (exact) mass is 370 g/mol. The number of anilines is 1. The third-order valence-electron chi connectivity index (χ3n) is 3.40. The highest BCUT2D eigenvalue weighted by Gasteiger charge is 2.27. The number of nitrogens with two attached hydrogens (primary N) is 1. The molecule has 0 aliphatic rings. The van der Waals surface area contributed by atoms with E-state index in [1.165, 1.54) is 24.3 Å². The molecule has 1 aromatic carbocycles. The summed E-state index contributed by atoms with van der Waals surface area (Å²) in [5.74, 6) is -2.64. The van der Waals surface area contributed by atoms with Gasteiger partial charge in [-0.15, -0.1) is 0 Å². The van der Waals surface area contributed by atoms with Crippen molar-refractivity contribution in [3.8, 4) is 0 Å². The van der Waals surface area contributed by atoms with E-state index in [0.29, 0.717) is 12.8 Å². The lowest BCUT2D eigenvalue weighted by molar-refractivity contribution is -0.147. The van der Waals surface area contributed by atoms with Gasteiger partial charge >= 0.3 is 18.0 Å². The number of aliphatic carboxylic acids is 2. The van der Waals surface area contributed by atoms with Gasteiger partial charge in [-0.25, -0.2) is 9.59 Å². The Morgan fingerprint density at radius 1 is 1.19 bits per heavy atom. The number of carbonyl (C=O) groups excluding carboxylic acids is 1. The van der Waals surface area contributed by atoms with Crippen molar-refractivity contribution in [3.05, 3.63) is 35.0 Å². The summed E-state index contributed by atoms with van der Waals surface area (Å²) in [6, 6.07) is 4.25. The Morgan fingerprint density at radius 3 is 2.42 bits per heavy atom. The molecule has 0 aliphatic carbocycles. The van der Waals surface area contributed by atoms with E-state index in [0.717, 1.165) is 0 Å². The van der Waals surface area contributed by atoms with Crippen molar-refractivity contribution in [2.45, 2.75) is 31.4 Å². The van der Waals surface area contributed by atoms with Crippen LogP contribution in [0.1, 0.15) is 30.9 Å². The van der Waals surface area contributed by atoms with E-state index in [1.807, 2.05) is 0 Å². The number of rotatable bonds is 10. The maximum absolute atomic E-state index is 11.7. The SMILES string of the molecule is N[C@H](CCCCNC(=O)OC(C(=O)O)c1ccccc1N([O-])O)C(=O)O. The number of hydrogen-bond acceptors (Lipinski definition) is 8. The van der Waals surface area contributed by atoms with E-state index in [-0.39, 0.29) is 24.2 Å². The Labute approximate surface area is 148 Å². The number of nitrogens with one attached hydrogen (secondary N) is 1. The molecule has 0 heterocycles. The summed E-state index contributed by atoms with van der Waals surface area (Å²) in [6.45, 7) is 0.118. The summed E-state index contributed by atoms with van der Waals surface area (Å²) in [6.07, 6.45) is -1.75. The highest BCUT2D eigenvalue weighted by Crippen LogP contribution is 2.28. The molecule has 0 saturated carbocycles. The highest BCUT2D eigenvalue weighted by molar-refractivity contribution is 5.81. The quantitative estimate of drug-likeness (QED) is 0.291. The summed E-state index contributed by atoms with van der Waals surface area (Å²) < 4.78 is 4.81. The Morgan fingerprint density at radius 2 is 1.85 bits per heavy atom. The van der Waals surface area contributed by atoms with Crippen molar-refractivity contribution in [2.24, 2.45) is 5.73 Å². The number of amides is 1. The molecule has 0 fully saturated rings. The normalized spacial score (nSPS) is 12.7. The maximum atomic E-state index is 11.7. The number of nitrogens with zero attached hydrogens (tertiary/aromatic N) is 1. The molecule has 1 amide bonds. The smallest absolute Gasteiger partial charge is 0.408 e. The topological polar surface area (TPSA) is 185 Å². The summed E-state index contributed by atoms with van der Waals surface area (Å²) in [5, 5.41) is 39.8. The van der Waals surface area contributed by atoms with Crippen LogP contribution in [0.5, 0.6) is 0 Å². The first-order chi connectivity index (χ1) is 12.2. The van der Waals surface area contributed by atoms with Gasteiger partial charge in [0.05, 0.1) is 5.69 Å². The first-order valence-corrected chi connectivity index (χ1v) is 7.64. The first-order valence-electron chi connectivity index (χ1n) is 7.64. The predicted molar refractivity (Wildman–Crippen MR) is 88.4 cm³/mol. The third-order valence-corrected chi connectivity index (χ3v) is 3.40. The molecular weight excluding hydrogens is 350 g/mol. The maximum Gasteiger partial charge on any atom is 0.408 e. The summed E-state index contributed by atoms with van der Waals surface area (Å²) in [5.41, 5.74) is 4.77. The average molecular weight is 370 g/mol. The van der Waals surface area contributed by atoms with Crippen LogP contribution in [0.25, 0.3) is 0 Å². The molecule has 11 heteroatoms. The second kappa shape index (κ2) is 10.2. The Balaban J connectivity index is 2.57. The molecule has 0 bridgehead atoms. The van der Waals surface area contributed by atoms with Gasteiger partial charge in [0.1, 0.15) is 6.04 Å². The molecule has 26 heavy (non-hydrogen) atoms. The van der Waals surface area contributed by atoms with Crippen LogP contribution in [0, 0.1) is 5.21 Å². The number of carboxylic acid groups (broad SMARTS) is 2. The van der Waals surface area contributed by atoms with Gasteiger partial charge in [0, 0.05) is 12.1 Å². The van der Waals surface area contributed by atoms with E-state index in [4.69, 9.17) is 20.8 Å². The van der Waals surface area contributed by atoms with E-state index < -0.39 is 35.4 Å². The fourth-order valence-electron chi connectivity index (χ4n) is 2.08. The lowest BCUT2D eigenvalue weighted by Gasteiger charge is -2.26. The molecule has 1 unspecified atom stereocenters. The van der Waals surface area contributed by atoms with Crippen molar-refractivity contribution in [3.63, 3.8) is 0 Å². The van der Waals surface area contributed by atoms with Gasteiger partial charge in [-0.1, -0.05) is 18.2 Å². The van der Waals surface area contributed by atoms with Crippen molar-refractivity contribution >= 4 is 23.7 Å². The minimum atomic E-state index is -1.80. The van der Waals surface area contributed by atoms with Gasteiger partial charge < -0.3 is 36.4 Å². The number of benzene rings is 1. The molecule has 0 saturated heterocycles. The Kier molecular flexibility index (Phi) is 8.28. The van der Waals surface area contributed by atoms with Gasteiger partial charge in [0.2, 0.25) is 6.10 Å². The number of hydrogen-bond donors (Lipinski definition) is 5. The van der Waals surface area contributed by atoms with Crippen molar-refractivity contribution in [2.75, 3.05) is 11.8 Å². The van der Waals surface area contributed by atoms with Gasteiger partial charge in [0.15, 0.2) is 0 Å². The minimum absolute atomic E-state index is 0.118. The molecule has 0 radical (unpaired) electrons. The summed E-state index contributed by atoms with van der Waals surface area (Å²) in [4.78, 5) is 33.6. The van der Waals surface area contributed by atoms with Gasteiger partial charge in [-0.3, -0.25) is 10.0 Å². The van der Waals surface area contributed by atoms with E-state index in [1.54, 1.807) is 0 Å². The second-order valence-corrected chi connectivity index (χ2v) is 5.32. The number of para-hydroxylation sites is 1. The molecule has 0 aromatic heterocycles. The number of carboxylic acids is 2. The van der Waals surface area contributed by atoms with E-state index in [9.17, 15) is 24.7 Å². The van der Waals surface area contributed by atoms with Crippen LogP contribution in [-0.4, -0.2) is 46.0 Å². The van der Waals surface area contributed by atoms with E-state index >= 15 is 0 Å². The zero-order valence-electron chi connectivity index (χ0n) is 13.7. The molecule has 0 aliphatic heterocycles. The second-order valence-electron chi connectivity index (χ2n) is 5.32. The number of ether oxygens (including phenoxy) is 1. The van der Waals surface area contributed by atoms with Crippen LogP contribution in [0.4, 0.5) is 10.5 Å². The lowest BCUT2D eigenvalue weighted by atomic mass is 10.1. The molecule has 1 aromatic rings. The highest BCUT2D eigenvalue weighted by atomic mass is 16.8. The number of alkyl carbamates (subject to hydrolysis) is 1. The van der Waals surface area contributed by atoms with Crippen molar-refractivity contribution in [1.29, 1.82) is 0 Å². The van der Waals surface area contributed by atoms with E-state index in [2.05, 4.69) is 5.32 Å². The van der Waals surface area contributed by atoms with Crippen LogP contribution < -0.4 is 16.3 Å². The zero-order valence-corrected chi connectivity index (χ0v) is 13.7. The third kappa shape index (κ3) is 6.55. The molecule has 1 rings (SSSR count). The minimum Gasteiger partial charge on any atom is -0.733 e. The number of carbonyl (C=O) groups is 3. The molecule has 11 nitrogen and oxygen atoms in total. The van der Waals surface area contributed by atoms with Gasteiger partial charge in [-0.05, 0) is 25.3 Å². The largest absolute Gasteiger partial charge is 0.733 e. The van der Waals surface area contributed by atoms with Crippen molar-refractivity contribution in [1.82, 2.24) is 5.32 Å². The number of unbranched alkanes of at least 4 members (excludes halogenated alkanes) is 1. The molecular formula is C15H20N3O8-. The van der Waals surface area contributed by atoms with Crippen LogP contribution in [0.2, 0.25) is 0 Å². The summed E-state index contributed by atoms with van der Waals surface area (Å²) in [7, 11) is 0. The Hall–Kier alpha value is -2.89.